The van der Waals surface area contributed by atoms with Crippen molar-refractivity contribution in [2.24, 2.45) is 7.05 Å². The Bertz CT molecular complexity index is 568. The zero-order valence-electron chi connectivity index (χ0n) is 9.14. The van der Waals surface area contributed by atoms with E-state index in [0.29, 0.717) is 20.4 Å². The number of anilines is 1. The average molecular weight is 337 g/mol. The highest BCUT2D eigenvalue weighted by atomic mass is 127. The second kappa shape index (κ2) is 4.91. The highest BCUT2D eigenvalue weighted by Gasteiger charge is 2.14. The van der Waals surface area contributed by atoms with Crippen molar-refractivity contribution in [1.82, 2.24) is 9.78 Å². The molecule has 0 atom stereocenters. The topological polar surface area (TPSA) is 46.9 Å². The van der Waals surface area contributed by atoms with Crippen molar-refractivity contribution in [3.8, 4) is 0 Å². The van der Waals surface area contributed by atoms with Gasteiger partial charge < -0.3 is 5.32 Å². The van der Waals surface area contributed by atoms with Gasteiger partial charge in [-0.2, -0.15) is 5.10 Å². The third-order valence-corrected chi connectivity index (χ3v) is 3.03. The van der Waals surface area contributed by atoms with Crippen molar-refractivity contribution < 1.29 is 4.79 Å². The van der Waals surface area contributed by atoms with Crippen LogP contribution < -0.4 is 10.8 Å². The van der Waals surface area contributed by atoms with E-state index in [2.05, 4.69) is 10.4 Å². The number of para-hydroxylation sites is 1. The van der Waals surface area contributed by atoms with E-state index in [9.17, 15) is 4.79 Å². The number of carbonyl (C=O) groups is 1. The molecule has 0 aliphatic rings. The first kappa shape index (κ1) is 12.2. The van der Waals surface area contributed by atoms with Gasteiger partial charge in [0, 0.05) is 18.9 Å². The van der Waals surface area contributed by atoms with E-state index in [0.717, 1.165) is 0 Å². The summed E-state index contributed by atoms with van der Waals surface area (Å²) in [5.74, 6) is -0.208. The molecule has 0 fully saturated rings. The summed E-state index contributed by atoms with van der Waals surface area (Å²) in [4.78, 5) is 12.0. The SMILES string of the molecule is [B]c1ccccc1NC(=O)c1cn(C)nc1I. The fraction of sp³-hybridized carbons (Fsp3) is 0.0909. The van der Waals surface area contributed by atoms with Crippen molar-refractivity contribution in [2.45, 2.75) is 0 Å². The van der Waals surface area contributed by atoms with Crippen LogP contribution in [0.25, 0.3) is 0 Å². The smallest absolute Gasteiger partial charge is 0.259 e. The van der Waals surface area contributed by atoms with Gasteiger partial charge in [-0.05, 0) is 28.7 Å². The van der Waals surface area contributed by atoms with Crippen LogP contribution in [0.2, 0.25) is 0 Å². The van der Waals surface area contributed by atoms with Crippen molar-refractivity contribution in [1.29, 1.82) is 0 Å². The van der Waals surface area contributed by atoms with Crippen LogP contribution in [-0.4, -0.2) is 23.5 Å². The summed E-state index contributed by atoms with van der Waals surface area (Å²) in [6.45, 7) is 0. The molecule has 2 radical (unpaired) electrons. The molecule has 2 aromatic rings. The summed E-state index contributed by atoms with van der Waals surface area (Å²) in [7, 11) is 7.53. The van der Waals surface area contributed by atoms with Gasteiger partial charge in [0.2, 0.25) is 0 Å². The Morgan fingerprint density at radius 2 is 2.18 bits per heavy atom. The number of aryl methyl sites for hydroxylation is 1. The van der Waals surface area contributed by atoms with Crippen LogP contribution in [0.15, 0.2) is 30.5 Å². The quantitative estimate of drug-likeness (QED) is 0.658. The van der Waals surface area contributed by atoms with E-state index >= 15 is 0 Å². The van der Waals surface area contributed by atoms with Crippen molar-refractivity contribution in [2.75, 3.05) is 5.32 Å². The fourth-order valence-electron chi connectivity index (χ4n) is 1.41. The molecule has 0 saturated carbocycles. The molecule has 1 amide bonds. The molecule has 0 spiro atoms. The maximum atomic E-state index is 12.0. The molecule has 0 unspecified atom stereocenters. The monoisotopic (exact) mass is 337 g/mol. The first-order valence-electron chi connectivity index (χ1n) is 4.93. The Morgan fingerprint density at radius 1 is 1.47 bits per heavy atom. The molecule has 17 heavy (non-hydrogen) atoms. The summed E-state index contributed by atoms with van der Waals surface area (Å²) >= 11 is 2.02. The Hall–Kier alpha value is -1.31. The Labute approximate surface area is 114 Å². The molecule has 2 rings (SSSR count). The third kappa shape index (κ3) is 2.69. The van der Waals surface area contributed by atoms with Gasteiger partial charge in [-0.3, -0.25) is 9.48 Å². The average Bonchev–Trinajstić information content (AvgIpc) is 2.61. The van der Waals surface area contributed by atoms with E-state index in [1.165, 1.54) is 0 Å². The molecule has 6 heteroatoms. The maximum Gasteiger partial charge on any atom is 0.259 e. The number of benzene rings is 1. The van der Waals surface area contributed by atoms with Crippen LogP contribution in [0.4, 0.5) is 5.69 Å². The van der Waals surface area contributed by atoms with Crippen LogP contribution in [-0.2, 0) is 7.05 Å². The van der Waals surface area contributed by atoms with E-state index in [1.54, 1.807) is 30.1 Å². The summed E-state index contributed by atoms with van der Waals surface area (Å²) in [6, 6.07) is 7.14. The van der Waals surface area contributed by atoms with E-state index in [4.69, 9.17) is 7.85 Å². The van der Waals surface area contributed by atoms with Gasteiger partial charge in [-0.25, -0.2) is 0 Å². The summed E-state index contributed by atoms with van der Waals surface area (Å²) < 4.78 is 2.27. The molecular weight excluding hydrogens is 328 g/mol. The van der Waals surface area contributed by atoms with Crippen molar-refractivity contribution in [3.05, 3.63) is 39.7 Å². The third-order valence-electron chi connectivity index (χ3n) is 2.24. The lowest BCUT2D eigenvalue weighted by Crippen LogP contribution is -2.18. The highest BCUT2D eigenvalue weighted by Crippen LogP contribution is 2.11. The number of halogens is 1. The number of amides is 1. The zero-order chi connectivity index (χ0) is 12.4. The molecule has 84 valence electrons. The first-order valence-corrected chi connectivity index (χ1v) is 6.01. The molecule has 1 N–H and O–H groups in total. The van der Waals surface area contributed by atoms with Crippen LogP contribution in [0.5, 0.6) is 0 Å². The summed E-state index contributed by atoms with van der Waals surface area (Å²) in [5, 5.41) is 6.87. The van der Waals surface area contributed by atoms with Gasteiger partial charge in [-0.15, -0.1) is 0 Å². The Balaban J connectivity index is 2.23. The molecule has 1 aromatic heterocycles. The number of carbonyl (C=O) groups excluding carboxylic acids is 1. The number of aromatic nitrogens is 2. The Morgan fingerprint density at radius 3 is 2.76 bits per heavy atom. The minimum atomic E-state index is -0.208. The van der Waals surface area contributed by atoms with E-state index in [-0.39, 0.29) is 5.91 Å². The summed E-state index contributed by atoms with van der Waals surface area (Å²) in [5.41, 5.74) is 1.69. The lowest BCUT2D eigenvalue weighted by molar-refractivity contribution is 0.102. The highest BCUT2D eigenvalue weighted by molar-refractivity contribution is 14.1. The van der Waals surface area contributed by atoms with Gasteiger partial charge >= 0.3 is 0 Å². The molecule has 4 nitrogen and oxygen atoms in total. The largest absolute Gasteiger partial charge is 0.322 e. The van der Waals surface area contributed by atoms with Gasteiger partial charge in [-0.1, -0.05) is 23.7 Å². The fourth-order valence-corrected chi connectivity index (χ4v) is 2.14. The number of rotatable bonds is 2. The zero-order valence-corrected chi connectivity index (χ0v) is 11.3. The van der Waals surface area contributed by atoms with Gasteiger partial charge in [0.1, 0.15) is 11.5 Å². The summed E-state index contributed by atoms with van der Waals surface area (Å²) in [6.07, 6.45) is 1.68. The Kier molecular flexibility index (Phi) is 3.51. The first-order chi connectivity index (χ1) is 8.08. The minimum Gasteiger partial charge on any atom is -0.322 e. The second-order valence-electron chi connectivity index (χ2n) is 3.55. The molecule has 1 heterocycles. The normalized spacial score (nSPS) is 10.2. The predicted octanol–water partition coefficient (Wildman–Crippen LogP) is 1.07. The number of nitrogens with one attached hydrogen (secondary N) is 1. The van der Waals surface area contributed by atoms with Crippen LogP contribution in [0.1, 0.15) is 10.4 Å². The van der Waals surface area contributed by atoms with E-state index in [1.807, 2.05) is 34.7 Å². The van der Waals surface area contributed by atoms with Crippen LogP contribution in [0, 0.1) is 3.70 Å². The molecule has 0 bridgehead atoms. The number of nitrogens with zero attached hydrogens (tertiary/aromatic N) is 2. The second-order valence-corrected chi connectivity index (χ2v) is 4.57. The van der Waals surface area contributed by atoms with E-state index < -0.39 is 0 Å². The van der Waals surface area contributed by atoms with Gasteiger partial charge in [0.05, 0.1) is 5.56 Å². The standard InChI is InChI=1S/C11H9BIN3O/c1-16-6-7(10(13)15-16)11(17)14-9-5-3-2-4-8(9)12/h2-6H,1H3,(H,14,17). The van der Waals surface area contributed by atoms with Gasteiger partial charge in [0.15, 0.2) is 0 Å². The maximum absolute atomic E-state index is 12.0. The number of hydrogen-bond acceptors (Lipinski definition) is 2. The minimum absolute atomic E-state index is 0.208. The molecule has 0 saturated heterocycles. The van der Waals surface area contributed by atoms with Crippen molar-refractivity contribution >= 4 is 47.5 Å². The molecular formula is C11H9BIN3O. The lowest BCUT2D eigenvalue weighted by atomic mass is 9.94. The van der Waals surface area contributed by atoms with Crippen molar-refractivity contribution in [3.63, 3.8) is 0 Å². The van der Waals surface area contributed by atoms with Crippen LogP contribution in [0.3, 0.4) is 0 Å². The molecule has 0 aliphatic carbocycles. The lowest BCUT2D eigenvalue weighted by Gasteiger charge is -2.07. The van der Waals surface area contributed by atoms with Crippen LogP contribution >= 0.6 is 22.6 Å². The molecule has 0 aliphatic heterocycles. The number of hydrogen-bond donors (Lipinski definition) is 1. The van der Waals surface area contributed by atoms with Gasteiger partial charge in [0.25, 0.3) is 5.91 Å². The molecule has 1 aromatic carbocycles. The predicted molar refractivity (Wildman–Crippen MR) is 75.7 cm³/mol.